The molecule has 0 aromatic carbocycles. The zero-order chi connectivity index (χ0) is 79.6. The zero-order valence-corrected chi connectivity index (χ0v) is 73.3. The molecule has 0 spiro atoms. The molecular formula is C90H176O17P2. The SMILES string of the molecule is CCCCCCCCCCCCCCCCCCCCCCCCC(=O)O[C@H](COC(=O)CCCCCCCCCCCCCCCCCCCC)COP(=O)(O)OC[C@@H](O)COP(=O)(O)OC[C@@H](COC(=O)CCCCCCCCCCCCC)OC(=O)CCCCCCCCCCCCCCCCCCCC. The zero-order valence-electron chi connectivity index (χ0n) is 71.5. The highest BCUT2D eigenvalue weighted by Crippen LogP contribution is 2.45. The number of phosphoric acid groups is 2. The van der Waals surface area contributed by atoms with E-state index in [9.17, 15) is 43.2 Å². The van der Waals surface area contributed by atoms with E-state index in [4.69, 9.17) is 37.0 Å². The minimum atomic E-state index is -4.97. The third-order valence-electron chi connectivity index (χ3n) is 21.4. The maximum Gasteiger partial charge on any atom is 0.472 e. The van der Waals surface area contributed by atoms with Crippen LogP contribution in [0.3, 0.4) is 0 Å². The van der Waals surface area contributed by atoms with E-state index in [0.29, 0.717) is 25.7 Å². The molecule has 648 valence electrons. The molecule has 0 saturated carbocycles. The number of aliphatic hydroxyl groups excluding tert-OH is 1. The van der Waals surface area contributed by atoms with Crippen molar-refractivity contribution in [2.45, 2.75) is 515 Å². The number of unbranched alkanes of at least 4 members (excludes halogenated alkanes) is 65. The molecule has 0 bridgehead atoms. The normalized spacial score (nSPS) is 13.6. The summed E-state index contributed by atoms with van der Waals surface area (Å²) in [5, 5.41) is 10.7. The van der Waals surface area contributed by atoms with E-state index in [1.54, 1.807) is 0 Å². The fraction of sp³-hybridized carbons (Fsp3) is 0.956. The molecule has 0 heterocycles. The lowest BCUT2D eigenvalue weighted by Gasteiger charge is -2.21. The van der Waals surface area contributed by atoms with Crippen LogP contribution in [0.2, 0.25) is 0 Å². The number of esters is 4. The molecule has 0 amide bonds. The fourth-order valence-corrected chi connectivity index (χ4v) is 15.8. The molecule has 19 heteroatoms. The molecule has 109 heavy (non-hydrogen) atoms. The Balaban J connectivity index is 5.22. The first-order valence-corrected chi connectivity index (χ1v) is 49.8. The summed E-state index contributed by atoms with van der Waals surface area (Å²) in [6.45, 7) is 5.08. The van der Waals surface area contributed by atoms with Crippen molar-refractivity contribution in [1.29, 1.82) is 0 Å². The van der Waals surface area contributed by atoms with Crippen LogP contribution in [0.1, 0.15) is 496 Å². The average Bonchev–Trinajstić information content (AvgIpc) is 0.903. The summed E-state index contributed by atoms with van der Waals surface area (Å²) in [7, 11) is -9.93. The smallest absolute Gasteiger partial charge is 0.462 e. The molecule has 0 radical (unpaired) electrons. The minimum absolute atomic E-state index is 0.110. The monoisotopic (exact) mass is 1590 g/mol. The van der Waals surface area contributed by atoms with Crippen molar-refractivity contribution in [3.63, 3.8) is 0 Å². The number of carbonyl (C=O) groups excluding carboxylic acids is 4. The minimum Gasteiger partial charge on any atom is -0.462 e. The van der Waals surface area contributed by atoms with Crippen molar-refractivity contribution in [2.24, 2.45) is 0 Å². The van der Waals surface area contributed by atoms with Crippen molar-refractivity contribution in [1.82, 2.24) is 0 Å². The Morgan fingerprint density at radius 3 is 0.541 bits per heavy atom. The van der Waals surface area contributed by atoms with E-state index in [-0.39, 0.29) is 25.7 Å². The summed E-state index contributed by atoms with van der Waals surface area (Å²) in [6.07, 6.45) is 80.6. The number of rotatable bonds is 91. The van der Waals surface area contributed by atoms with Crippen LogP contribution >= 0.6 is 15.6 Å². The van der Waals surface area contributed by atoms with Gasteiger partial charge >= 0.3 is 39.5 Å². The van der Waals surface area contributed by atoms with Crippen LogP contribution in [0.25, 0.3) is 0 Å². The highest BCUT2D eigenvalue weighted by molar-refractivity contribution is 7.47. The number of hydrogen-bond acceptors (Lipinski definition) is 15. The molecule has 0 rings (SSSR count). The Labute approximate surface area is 670 Å². The maximum atomic E-state index is 13.2. The second-order valence-electron chi connectivity index (χ2n) is 32.3. The summed E-state index contributed by atoms with van der Waals surface area (Å²) in [4.78, 5) is 73.4. The molecule has 0 aliphatic heterocycles. The van der Waals surface area contributed by atoms with E-state index in [1.165, 1.54) is 327 Å². The summed E-state index contributed by atoms with van der Waals surface area (Å²) in [5.41, 5.74) is 0. The Kier molecular flexibility index (Phi) is 82.5. The van der Waals surface area contributed by atoms with Crippen LogP contribution in [0.4, 0.5) is 0 Å². The Morgan fingerprint density at radius 2 is 0.367 bits per heavy atom. The maximum absolute atomic E-state index is 13.2. The van der Waals surface area contributed by atoms with Crippen molar-refractivity contribution in [3.8, 4) is 0 Å². The molecule has 17 nitrogen and oxygen atoms in total. The number of hydrogen-bond donors (Lipinski definition) is 3. The number of ether oxygens (including phenoxy) is 4. The molecule has 2 unspecified atom stereocenters. The molecule has 3 N–H and O–H groups in total. The highest BCUT2D eigenvalue weighted by Gasteiger charge is 2.30. The van der Waals surface area contributed by atoms with Crippen molar-refractivity contribution in [2.75, 3.05) is 39.6 Å². The number of carbonyl (C=O) groups is 4. The topological polar surface area (TPSA) is 237 Å². The van der Waals surface area contributed by atoms with Crippen LogP contribution in [-0.2, 0) is 65.4 Å². The second-order valence-corrected chi connectivity index (χ2v) is 35.3. The molecule has 0 fully saturated rings. The van der Waals surface area contributed by atoms with Crippen LogP contribution in [0.5, 0.6) is 0 Å². The lowest BCUT2D eigenvalue weighted by molar-refractivity contribution is -0.161. The van der Waals surface area contributed by atoms with Gasteiger partial charge in [-0.1, -0.05) is 445 Å². The van der Waals surface area contributed by atoms with Gasteiger partial charge in [-0.25, -0.2) is 9.13 Å². The van der Waals surface area contributed by atoms with Crippen LogP contribution in [0.15, 0.2) is 0 Å². The van der Waals surface area contributed by atoms with Crippen molar-refractivity contribution < 1.29 is 80.2 Å². The quantitative estimate of drug-likeness (QED) is 0.0222. The average molecular weight is 1590 g/mol. The summed E-state index contributed by atoms with van der Waals surface area (Å²) >= 11 is 0. The first-order chi connectivity index (χ1) is 53.2. The second kappa shape index (κ2) is 84.0. The van der Waals surface area contributed by atoms with Gasteiger partial charge in [0.15, 0.2) is 12.2 Å². The predicted octanol–water partition coefficient (Wildman–Crippen LogP) is 28.1. The van der Waals surface area contributed by atoms with Gasteiger partial charge in [-0.3, -0.25) is 37.3 Å². The Hall–Kier alpha value is -1.94. The standard InChI is InChI=1S/C90H176O17P2/c1-5-9-13-17-21-25-29-32-35-38-41-42-43-44-47-50-53-57-61-65-69-73-77-90(95)107-86(81-101-88(93)75-71-67-63-59-55-51-48-45-39-36-33-30-26-22-18-14-10-6-2)83-105-109(98,99)103-79-84(91)78-102-108(96,97)104-82-85(80-100-87(92)74-70-66-62-58-54-28-24-20-16-12-8-4)106-89(94)76-72-68-64-60-56-52-49-46-40-37-34-31-27-23-19-15-11-7-3/h84-86,91H,5-83H2,1-4H3,(H,96,97)(H,98,99)/t84-,85+,86+/m0/s1. The van der Waals surface area contributed by atoms with E-state index in [2.05, 4.69) is 27.7 Å². The summed E-state index contributed by atoms with van der Waals surface area (Å²) in [5.74, 6) is -2.09. The van der Waals surface area contributed by atoms with Crippen molar-refractivity contribution >= 4 is 39.5 Å². The van der Waals surface area contributed by atoms with E-state index < -0.39 is 97.5 Å². The molecule has 0 aromatic rings. The van der Waals surface area contributed by atoms with Crippen molar-refractivity contribution in [3.05, 3.63) is 0 Å². The Bertz CT molecular complexity index is 2050. The number of aliphatic hydroxyl groups is 1. The lowest BCUT2D eigenvalue weighted by Crippen LogP contribution is -2.30. The lowest BCUT2D eigenvalue weighted by atomic mass is 10.0. The van der Waals surface area contributed by atoms with Gasteiger partial charge in [-0.2, -0.15) is 0 Å². The molecule has 0 aromatic heterocycles. The van der Waals surface area contributed by atoms with Gasteiger partial charge in [0.05, 0.1) is 26.4 Å². The first kappa shape index (κ1) is 107. The van der Waals surface area contributed by atoms with Gasteiger partial charge in [0, 0.05) is 25.7 Å². The molecule has 0 aliphatic rings. The molecular weight excluding hydrogens is 1410 g/mol. The molecule has 0 saturated heterocycles. The van der Waals surface area contributed by atoms with Crippen LogP contribution in [-0.4, -0.2) is 96.7 Å². The largest absolute Gasteiger partial charge is 0.472 e. The molecule has 5 atom stereocenters. The van der Waals surface area contributed by atoms with E-state index >= 15 is 0 Å². The van der Waals surface area contributed by atoms with Gasteiger partial charge in [-0.15, -0.1) is 0 Å². The Morgan fingerprint density at radius 1 is 0.220 bits per heavy atom. The summed E-state index contributed by atoms with van der Waals surface area (Å²) in [6, 6.07) is 0. The fourth-order valence-electron chi connectivity index (χ4n) is 14.2. The van der Waals surface area contributed by atoms with Crippen LogP contribution in [0, 0.1) is 0 Å². The van der Waals surface area contributed by atoms with Gasteiger partial charge in [0.2, 0.25) is 0 Å². The number of phosphoric ester groups is 2. The third kappa shape index (κ3) is 83.8. The summed E-state index contributed by atoms with van der Waals surface area (Å²) < 4.78 is 69.0. The van der Waals surface area contributed by atoms with Gasteiger partial charge in [-0.05, 0) is 25.7 Å². The highest BCUT2D eigenvalue weighted by atomic mass is 31.2. The van der Waals surface area contributed by atoms with Gasteiger partial charge in [0.25, 0.3) is 0 Å². The molecule has 0 aliphatic carbocycles. The van der Waals surface area contributed by atoms with E-state index in [1.807, 2.05) is 0 Å². The third-order valence-corrected chi connectivity index (χ3v) is 23.3. The van der Waals surface area contributed by atoms with Crippen LogP contribution < -0.4 is 0 Å². The van der Waals surface area contributed by atoms with Gasteiger partial charge < -0.3 is 33.8 Å². The first-order valence-electron chi connectivity index (χ1n) is 46.8. The predicted molar refractivity (Wildman–Crippen MR) is 451 cm³/mol. The van der Waals surface area contributed by atoms with E-state index in [0.717, 1.165) is 89.9 Å². The van der Waals surface area contributed by atoms with Gasteiger partial charge in [0.1, 0.15) is 19.3 Å².